The lowest BCUT2D eigenvalue weighted by molar-refractivity contribution is 0.0451. The van der Waals surface area contributed by atoms with Crippen molar-refractivity contribution in [3.8, 4) is 0 Å². The largest absolute Gasteiger partial charge is 0.321 e. The molecule has 0 aromatic heterocycles. The minimum Gasteiger partial charge on any atom is -0.321 e. The van der Waals surface area contributed by atoms with Gasteiger partial charge < -0.3 is 9.05 Å². The Bertz CT molecular complexity index is 1240. The van der Waals surface area contributed by atoms with E-state index in [1.54, 1.807) is 0 Å². The van der Waals surface area contributed by atoms with Crippen molar-refractivity contribution in [1.29, 1.82) is 0 Å². The van der Waals surface area contributed by atoms with E-state index in [0.29, 0.717) is 33.1 Å². The Morgan fingerprint density at radius 1 is 0.488 bits per heavy atom. The van der Waals surface area contributed by atoms with Crippen LogP contribution in [-0.4, -0.2) is 13.2 Å². The average molecular weight is 589 g/mol. The molecular formula is C35H42O4P2. The molecule has 0 aliphatic heterocycles. The minimum absolute atomic E-state index is 0.216. The van der Waals surface area contributed by atoms with Crippen LogP contribution < -0.4 is 21.2 Å². The normalized spacial score (nSPS) is 12.6. The van der Waals surface area contributed by atoms with Crippen LogP contribution in [0.4, 0.5) is 0 Å². The first-order valence-corrected chi connectivity index (χ1v) is 17.6. The number of benzene rings is 4. The maximum Gasteiger partial charge on any atom is 0.261 e. The first-order chi connectivity index (χ1) is 19.7. The SMILES string of the molecule is CC(C)CC(COP(=O)(c1ccccc1)c1ccccc1)(COP(=O)(c1ccccc1)c1ccccc1)CC(C)C. The van der Waals surface area contributed by atoms with Crippen molar-refractivity contribution in [3.05, 3.63) is 121 Å². The van der Waals surface area contributed by atoms with E-state index in [9.17, 15) is 9.13 Å². The van der Waals surface area contributed by atoms with Crippen molar-refractivity contribution in [2.24, 2.45) is 17.3 Å². The molecule has 0 saturated carbocycles. The summed E-state index contributed by atoms with van der Waals surface area (Å²) in [5.41, 5.74) is -0.513. The molecular weight excluding hydrogens is 546 g/mol. The van der Waals surface area contributed by atoms with Crippen molar-refractivity contribution in [1.82, 2.24) is 0 Å². The summed E-state index contributed by atoms with van der Waals surface area (Å²) in [6.45, 7) is 9.14. The number of hydrogen-bond donors (Lipinski definition) is 0. The van der Waals surface area contributed by atoms with Gasteiger partial charge in [-0.05, 0) is 73.2 Å². The first-order valence-electron chi connectivity index (χ1n) is 14.4. The zero-order valence-corrected chi connectivity index (χ0v) is 26.3. The second kappa shape index (κ2) is 14.0. The molecule has 41 heavy (non-hydrogen) atoms. The molecule has 0 aliphatic rings. The van der Waals surface area contributed by atoms with Crippen LogP contribution in [0.5, 0.6) is 0 Å². The molecule has 4 aromatic rings. The fourth-order valence-electron chi connectivity index (χ4n) is 5.64. The van der Waals surface area contributed by atoms with Crippen molar-refractivity contribution in [2.45, 2.75) is 40.5 Å². The summed E-state index contributed by atoms with van der Waals surface area (Å²) in [5.74, 6) is 0.642. The Morgan fingerprint density at radius 2 is 0.732 bits per heavy atom. The number of rotatable bonds is 14. The lowest BCUT2D eigenvalue weighted by Crippen LogP contribution is -2.37. The minimum atomic E-state index is -3.41. The molecule has 0 unspecified atom stereocenters. The van der Waals surface area contributed by atoms with Gasteiger partial charge in [-0.25, -0.2) is 0 Å². The van der Waals surface area contributed by atoms with Crippen molar-refractivity contribution < 1.29 is 18.2 Å². The maximum atomic E-state index is 14.8. The molecule has 0 N–H and O–H groups in total. The Morgan fingerprint density at radius 3 is 0.951 bits per heavy atom. The lowest BCUT2D eigenvalue weighted by atomic mass is 9.75. The van der Waals surface area contributed by atoms with Crippen molar-refractivity contribution in [3.63, 3.8) is 0 Å². The molecule has 0 fully saturated rings. The van der Waals surface area contributed by atoms with Gasteiger partial charge in [0.15, 0.2) is 0 Å². The van der Waals surface area contributed by atoms with Gasteiger partial charge in [-0.1, -0.05) is 100 Å². The van der Waals surface area contributed by atoms with Gasteiger partial charge in [0, 0.05) is 26.6 Å². The lowest BCUT2D eigenvalue weighted by Gasteiger charge is -2.38. The van der Waals surface area contributed by atoms with Crippen LogP contribution in [0.25, 0.3) is 0 Å². The maximum absolute atomic E-state index is 14.8. The van der Waals surface area contributed by atoms with Gasteiger partial charge in [0.1, 0.15) is 0 Å². The molecule has 0 bridgehead atoms. The van der Waals surface area contributed by atoms with Crippen LogP contribution in [-0.2, 0) is 18.2 Å². The Hall–Kier alpha value is -2.74. The average Bonchev–Trinajstić information content (AvgIpc) is 3.00. The van der Waals surface area contributed by atoms with E-state index < -0.39 is 20.2 Å². The highest BCUT2D eigenvalue weighted by Gasteiger charge is 2.40. The predicted octanol–water partition coefficient (Wildman–Crippen LogP) is 7.96. The monoisotopic (exact) mass is 588 g/mol. The van der Waals surface area contributed by atoms with Crippen molar-refractivity contribution >= 4 is 36.0 Å². The summed E-state index contributed by atoms with van der Waals surface area (Å²) >= 11 is 0. The van der Waals surface area contributed by atoms with Gasteiger partial charge in [-0.15, -0.1) is 0 Å². The Labute approximate surface area is 246 Å². The van der Waals surface area contributed by atoms with Gasteiger partial charge in [0.2, 0.25) is 0 Å². The third-order valence-electron chi connectivity index (χ3n) is 7.17. The topological polar surface area (TPSA) is 52.6 Å². The van der Waals surface area contributed by atoms with Crippen molar-refractivity contribution in [2.75, 3.05) is 13.2 Å². The van der Waals surface area contributed by atoms with Crippen LogP contribution in [0.2, 0.25) is 0 Å². The van der Waals surface area contributed by atoms with Crippen LogP contribution in [0.3, 0.4) is 0 Å². The third-order valence-corrected chi connectivity index (χ3v) is 12.1. The summed E-state index contributed by atoms with van der Waals surface area (Å²) in [4.78, 5) is 0. The van der Waals surface area contributed by atoms with E-state index >= 15 is 0 Å². The van der Waals surface area contributed by atoms with E-state index in [2.05, 4.69) is 27.7 Å². The molecule has 216 valence electrons. The molecule has 0 heterocycles. The highest BCUT2D eigenvalue weighted by atomic mass is 31.2. The standard InChI is InChI=1S/C35H42O4P2/c1-29(2)25-35(26-30(3)4,27-38-40(36,31-17-9-5-10-18-31)32-19-11-6-12-20-32)28-39-41(37,33-21-13-7-14-22-33)34-23-15-8-16-24-34/h5-24,29-30H,25-28H2,1-4H3. The van der Waals surface area contributed by atoms with Gasteiger partial charge in [-0.3, -0.25) is 9.13 Å². The molecule has 6 heteroatoms. The highest BCUT2D eigenvalue weighted by molar-refractivity contribution is 7.74. The third kappa shape index (κ3) is 7.76. The first kappa shape index (κ1) is 31.2. The summed E-state index contributed by atoms with van der Waals surface area (Å²) in [5, 5.41) is 2.65. The van der Waals surface area contributed by atoms with Crippen LogP contribution >= 0.6 is 14.7 Å². The molecule has 4 rings (SSSR count). The Kier molecular flexibility index (Phi) is 10.6. The molecule has 0 radical (unpaired) electrons. The fraction of sp³-hybridized carbons (Fsp3) is 0.314. The van der Waals surface area contributed by atoms with E-state index in [1.165, 1.54) is 0 Å². The molecule has 4 nitrogen and oxygen atoms in total. The van der Waals surface area contributed by atoms with E-state index in [4.69, 9.17) is 9.05 Å². The molecule has 0 aliphatic carbocycles. The molecule has 0 amide bonds. The van der Waals surface area contributed by atoms with Gasteiger partial charge in [0.05, 0.1) is 13.2 Å². The molecule has 0 atom stereocenters. The smallest absolute Gasteiger partial charge is 0.261 e. The van der Waals surface area contributed by atoms with E-state index in [0.717, 1.165) is 12.8 Å². The second-order valence-corrected chi connectivity index (χ2v) is 16.5. The van der Waals surface area contributed by atoms with Gasteiger partial charge >= 0.3 is 0 Å². The Balaban J connectivity index is 1.74. The highest BCUT2D eigenvalue weighted by Crippen LogP contribution is 2.51. The van der Waals surface area contributed by atoms with Crippen LogP contribution in [0, 0.1) is 17.3 Å². The predicted molar refractivity (Wildman–Crippen MR) is 173 cm³/mol. The van der Waals surface area contributed by atoms with Gasteiger partial charge in [0.25, 0.3) is 14.7 Å². The molecule has 0 spiro atoms. The van der Waals surface area contributed by atoms with E-state index in [-0.39, 0.29) is 13.2 Å². The molecule has 4 aromatic carbocycles. The summed E-state index contributed by atoms with van der Waals surface area (Å²) in [6.07, 6.45) is 1.55. The summed E-state index contributed by atoms with van der Waals surface area (Å²) in [7, 11) is -6.82. The molecule has 0 saturated heterocycles. The van der Waals surface area contributed by atoms with Gasteiger partial charge in [-0.2, -0.15) is 0 Å². The van der Waals surface area contributed by atoms with Crippen LogP contribution in [0.1, 0.15) is 40.5 Å². The van der Waals surface area contributed by atoms with E-state index in [1.807, 2.05) is 121 Å². The second-order valence-electron chi connectivity index (χ2n) is 11.7. The number of hydrogen-bond acceptors (Lipinski definition) is 4. The zero-order valence-electron chi connectivity index (χ0n) is 24.6. The quantitative estimate of drug-likeness (QED) is 0.140. The fourth-order valence-corrected chi connectivity index (χ4v) is 10.0. The van der Waals surface area contributed by atoms with Crippen LogP contribution in [0.15, 0.2) is 121 Å². The zero-order chi connectivity index (χ0) is 29.3. The summed E-state index contributed by atoms with van der Waals surface area (Å²) in [6, 6.07) is 37.8. The summed E-state index contributed by atoms with van der Waals surface area (Å²) < 4.78 is 42.8.